The zero-order valence-corrected chi connectivity index (χ0v) is 11.1. The number of allylic oxidation sites excluding steroid dienone is 1. The Balaban J connectivity index is 1.98. The van der Waals surface area contributed by atoms with Gasteiger partial charge in [-0.3, -0.25) is 4.79 Å². The summed E-state index contributed by atoms with van der Waals surface area (Å²) in [5.41, 5.74) is 0.354. The molecule has 0 unspecified atom stereocenters. The Morgan fingerprint density at radius 1 is 1.00 bits per heavy atom. The lowest BCUT2D eigenvalue weighted by atomic mass is 9.82. The first-order valence-electron chi connectivity index (χ1n) is 6.73. The van der Waals surface area contributed by atoms with Crippen LogP contribution in [0.1, 0.15) is 21.7 Å². The van der Waals surface area contributed by atoms with Crippen LogP contribution in [0.5, 0.6) is 0 Å². The van der Waals surface area contributed by atoms with Crippen molar-refractivity contribution >= 4 is 16.8 Å². The van der Waals surface area contributed by atoms with E-state index in [0.29, 0.717) is 22.5 Å². The van der Waals surface area contributed by atoms with Crippen LogP contribution in [0.3, 0.4) is 0 Å². The fourth-order valence-electron chi connectivity index (χ4n) is 2.79. The summed E-state index contributed by atoms with van der Waals surface area (Å²) in [5, 5.41) is 12.0. The van der Waals surface area contributed by atoms with Gasteiger partial charge in [-0.25, -0.2) is 0 Å². The van der Waals surface area contributed by atoms with Gasteiger partial charge in [0.1, 0.15) is 11.3 Å². The van der Waals surface area contributed by atoms with E-state index in [0.717, 1.165) is 5.39 Å². The van der Waals surface area contributed by atoms with E-state index in [1.165, 1.54) is 12.2 Å². The minimum absolute atomic E-state index is 0.105. The van der Waals surface area contributed by atoms with Gasteiger partial charge in [0.2, 0.25) is 0 Å². The molecule has 1 aliphatic rings. The summed E-state index contributed by atoms with van der Waals surface area (Å²) < 4.78 is 5.79. The average Bonchev–Trinajstić information content (AvgIpc) is 2.96. The molecule has 0 spiro atoms. The van der Waals surface area contributed by atoms with Crippen molar-refractivity contribution in [3.63, 3.8) is 0 Å². The molecule has 0 radical (unpaired) electrons. The van der Waals surface area contributed by atoms with Crippen LogP contribution < -0.4 is 0 Å². The van der Waals surface area contributed by atoms with Gasteiger partial charge in [-0.15, -0.1) is 0 Å². The summed E-state index contributed by atoms with van der Waals surface area (Å²) in [6.07, 6.45) is 2.89. The van der Waals surface area contributed by atoms with E-state index in [-0.39, 0.29) is 5.78 Å². The molecule has 0 amide bonds. The second kappa shape index (κ2) is 4.17. The van der Waals surface area contributed by atoms with Crippen molar-refractivity contribution in [2.45, 2.75) is 5.60 Å². The van der Waals surface area contributed by atoms with E-state index in [9.17, 15) is 9.90 Å². The van der Waals surface area contributed by atoms with Gasteiger partial charge in [-0.2, -0.15) is 0 Å². The minimum atomic E-state index is -1.41. The molecule has 3 aromatic rings. The Bertz CT molecular complexity index is 855. The lowest BCUT2D eigenvalue weighted by Crippen LogP contribution is -2.29. The van der Waals surface area contributed by atoms with Gasteiger partial charge in [0, 0.05) is 16.5 Å². The predicted molar refractivity (Wildman–Crippen MR) is 79.1 cm³/mol. The second-order valence-corrected chi connectivity index (χ2v) is 5.16. The molecule has 0 bridgehead atoms. The van der Waals surface area contributed by atoms with Gasteiger partial charge in [0.15, 0.2) is 11.4 Å². The molecular weight excluding hydrogens is 264 g/mol. The van der Waals surface area contributed by atoms with Crippen molar-refractivity contribution in [1.82, 2.24) is 0 Å². The number of rotatable bonds is 1. The Hall–Kier alpha value is -2.65. The maximum absolute atomic E-state index is 11.9. The SMILES string of the molecule is O=C1C=C[C@@](O)(c2cc3ccccc3o2)c2ccccc21. The fourth-order valence-corrected chi connectivity index (χ4v) is 2.79. The average molecular weight is 276 g/mol. The van der Waals surface area contributed by atoms with Crippen LogP contribution in [-0.4, -0.2) is 10.9 Å². The summed E-state index contributed by atoms with van der Waals surface area (Å²) >= 11 is 0. The van der Waals surface area contributed by atoms with Crippen molar-refractivity contribution in [3.8, 4) is 0 Å². The summed E-state index contributed by atoms with van der Waals surface area (Å²) in [6.45, 7) is 0. The quantitative estimate of drug-likeness (QED) is 0.741. The van der Waals surface area contributed by atoms with Gasteiger partial charge in [0.25, 0.3) is 0 Å². The van der Waals surface area contributed by atoms with Gasteiger partial charge >= 0.3 is 0 Å². The van der Waals surface area contributed by atoms with Crippen LogP contribution in [0, 0.1) is 0 Å². The molecule has 1 aliphatic carbocycles. The van der Waals surface area contributed by atoms with E-state index in [1.807, 2.05) is 30.3 Å². The first-order valence-corrected chi connectivity index (χ1v) is 6.73. The molecule has 1 heterocycles. The van der Waals surface area contributed by atoms with Gasteiger partial charge < -0.3 is 9.52 Å². The number of aliphatic hydroxyl groups is 1. The summed E-state index contributed by atoms with van der Waals surface area (Å²) in [7, 11) is 0. The van der Waals surface area contributed by atoms with Gasteiger partial charge in [-0.05, 0) is 24.3 Å². The molecule has 21 heavy (non-hydrogen) atoms. The summed E-state index contributed by atoms with van der Waals surface area (Å²) in [4.78, 5) is 11.9. The minimum Gasteiger partial charge on any atom is -0.457 e. The number of furan rings is 1. The summed E-state index contributed by atoms with van der Waals surface area (Å²) in [5.74, 6) is 0.311. The number of benzene rings is 2. The topological polar surface area (TPSA) is 50.4 Å². The number of carbonyl (C=O) groups excluding carboxylic acids is 1. The molecule has 1 aromatic heterocycles. The predicted octanol–water partition coefficient (Wildman–Crippen LogP) is 3.42. The Morgan fingerprint density at radius 3 is 2.62 bits per heavy atom. The molecule has 3 nitrogen and oxygen atoms in total. The van der Waals surface area contributed by atoms with Crippen molar-refractivity contribution < 1.29 is 14.3 Å². The van der Waals surface area contributed by atoms with Crippen LogP contribution in [-0.2, 0) is 5.60 Å². The molecule has 4 rings (SSSR count). The zero-order valence-electron chi connectivity index (χ0n) is 11.1. The lowest BCUT2D eigenvalue weighted by molar-refractivity contribution is 0.0930. The first kappa shape index (κ1) is 12.1. The van der Waals surface area contributed by atoms with Gasteiger partial charge in [-0.1, -0.05) is 42.5 Å². The highest BCUT2D eigenvalue weighted by Gasteiger charge is 2.38. The lowest BCUT2D eigenvalue weighted by Gasteiger charge is -2.27. The van der Waals surface area contributed by atoms with E-state index >= 15 is 0 Å². The third-order valence-corrected chi connectivity index (χ3v) is 3.88. The number of hydrogen-bond donors (Lipinski definition) is 1. The van der Waals surface area contributed by atoms with Crippen molar-refractivity contribution in [2.24, 2.45) is 0 Å². The van der Waals surface area contributed by atoms with Crippen molar-refractivity contribution in [2.75, 3.05) is 0 Å². The highest BCUT2D eigenvalue weighted by molar-refractivity contribution is 6.07. The molecule has 1 atom stereocenters. The van der Waals surface area contributed by atoms with Crippen LogP contribution in [0.4, 0.5) is 0 Å². The van der Waals surface area contributed by atoms with Gasteiger partial charge in [0.05, 0.1) is 0 Å². The molecule has 0 aliphatic heterocycles. The molecule has 0 saturated carbocycles. The highest BCUT2D eigenvalue weighted by atomic mass is 16.4. The Morgan fingerprint density at radius 2 is 1.76 bits per heavy atom. The van der Waals surface area contributed by atoms with E-state index in [4.69, 9.17) is 4.42 Å². The number of hydrogen-bond acceptors (Lipinski definition) is 3. The number of para-hydroxylation sites is 1. The molecular formula is C18H12O3. The third kappa shape index (κ3) is 1.68. The first-order chi connectivity index (χ1) is 10.2. The van der Waals surface area contributed by atoms with Crippen LogP contribution in [0.15, 0.2) is 71.2 Å². The van der Waals surface area contributed by atoms with Crippen LogP contribution >= 0.6 is 0 Å². The number of ketones is 1. The largest absolute Gasteiger partial charge is 0.457 e. The zero-order chi connectivity index (χ0) is 14.4. The second-order valence-electron chi connectivity index (χ2n) is 5.16. The van der Waals surface area contributed by atoms with E-state index in [2.05, 4.69) is 0 Å². The molecule has 2 aromatic carbocycles. The molecule has 0 fully saturated rings. The molecule has 0 saturated heterocycles. The van der Waals surface area contributed by atoms with Crippen molar-refractivity contribution in [1.29, 1.82) is 0 Å². The van der Waals surface area contributed by atoms with Crippen LogP contribution in [0.2, 0.25) is 0 Å². The number of fused-ring (bicyclic) bond motifs is 2. The van der Waals surface area contributed by atoms with Crippen LogP contribution in [0.25, 0.3) is 11.0 Å². The molecule has 1 N–H and O–H groups in total. The third-order valence-electron chi connectivity index (χ3n) is 3.88. The normalized spacial score (nSPS) is 20.7. The highest BCUT2D eigenvalue weighted by Crippen LogP contribution is 2.38. The monoisotopic (exact) mass is 276 g/mol. The molecule has 3 heteroatoms. The standard InChI is InChI=1S/C18H12O3/c19-15-9-10-18(20,14-7-3-2-6-13(14)15)17-11-12-5-1-4-8-16(12)21-17/h1-11,20H/t18-/m0/s1. The van der Waals surface area contributed by atoms with E-state index < -0.39 is 5.60 Å². The molecule has 102 valence electrons. The van der Waals surface area contributed by atoms with E-state index in [1.54, 1.807) is 24.3 Å². The Kier molecular flexibility index (Phi) is 2.41. The fraction of sp³-hybridized carbons (Fsp3) is 0.0556. The summed E-state index contributed by atoms with van der Waals surface area (Å²) in [6, 6.07) is 16.5. The Labute approximate surface area is 121 Å². The number of carbonyl (C=O) groups is 1. The maximum atomic E-state index is 11.9. The van der Waals surface area contributed by atoms with Crippen molar-refractivity contribution in [3.05, 3.63) is 83.6 Å². The smallest absolute Gasteiger partial charge is 0.186 e. The maximum Gasteiger partial charge on any atom is 0.186 e.